The number of aromatic nitrogens is 4. The predicted octanol–water partition coefficient (Wildman–Crippen LogP) is 4.98. The molecule has 1 amide bonds. The van der Waals surface area contributed by atoms with Crippen molar-refractivity contribution >= 4 is 16.9 Å². The van der Waals surface area contributed by atoms with Crippen LogP contribution in [0.25, 0.3) is 33.5 Å². The van der Waals surface area contributed by atoms with Gasteiger partial charge in [0.1, 0.15) is 22.7 Å². The molecule has 4 aromatic rings. The van der Waals surface area contributed by atoms with E-state index in [1.807, 2.05) is 12.3 Å². The summed E-state index contributed by atoms with van der Waals surface area (Å²) < 4.78 is 5.77. The molecule has 2 fully saturated rings. The Kier molecular flexibility index (Phi) is 6.50. The number of likely N-dealkylation sites (tertiary alicyclic amines) is 2. The molecule has 1 N–H and O–H groups in total. The molecular formula is C32H36N6O2. The van der Waals surface area contributed by atoms with E-state index in [1.54, 1.807) is 7.11 Å². The largest absolute Gasteiger partial charge is 0.494 e. The lowest BCUT2D eigenvalue weighted by molar-refractivity contribution is -0.136. The van der Waals surface area contributed by atoms with E-state index < -0.39 is 0 Å². The molecule has 0 bridgehead atoms. The number of benzene rings is 1. The molecule has 206 valence electrons. The summed E-state index contributed by atoms with van der Waals surface area (Å²) in [5.74, 6) is 1.42. The van der Waals surface area contributed by atoms with Crippen molar-refractivity contribution in [3.63, 3.8) is 0 Å². The highest BCUT2D eigenvalue weighted by Crippen LogP contribution is 2.39. The number of fused-ring (bicyclic) bond motifs is 2. The minimum atomic E-state index is 0.0644. The number of hydrogen-bond donors (Lipinski definition) is 1. The Morgan fingerprint density at radius 1 is 1.02 bits per heavy atom. The van der Waals surface area contributed by atoms with Gasteiger partial charge in [0.25, 0.3) is 0 Å². The lowest BCUT2D eigenvalue weighted by atomic mass is 9.92. The Hall–Kier alpha value is -3.78. The van der Waals surface area contributed by atoms with Crippen molar-refractivity contribution in [2.24, 2.45) is 0 Å². The zero-order valence-electron chi connectivity index (χ0n) is 23.3. The van der Waals surface area contributed by atoms with Crippen LogP contribution in [0.1, 0.15) is 54.8 Å². The smallest absolute Gasteiger partial charge is 0.239 e. The van der Waals surface area contributed by atoms with Gasteiger partial charge < -0.3 is 9.64 Å². The molecule has 1 atom stereocenters. The highest BCUT2D eigenvalue weighted by molar-refractivity contribution is 5.93. The number of piperidine rings is 1. The van der Waals surface area contributed by atoms with E-state index in [2.05, 4.69) is 57.4 Å². The number of aromatic amines is 1. The van der Waals surface area contributed by atoms with Crippen molar-refractivity contribution in [3.05, 3.63) is 59.4 Å². The summed E-state index contributed by atoms with van der Waals surface area (Å²) in [6, 6.07) is 12.8. The van der Waals surface area contributed by atoms with Crippen LogP contribution in [0.3, 0.4) is 0 Å². The highest BCUT2D eigenvalue weighted by atomic mass is 16.5. The van der Waals surface area contributed by atoms with Crippen LogP contribution >= 0.6 is 0 Å². The average Bonchev–Trinajstić information content (AvgIpc) is 3.75. The molecular weight excluding hydrogens is 500 g/mol. The van der Waals surface area contributed by atoms with Crippen LogP contribution in [0.4, 0.5) is 0 Å². The van der Waals surface area contributed by atoms with Crippen LogP contribution in [0.2, 0.25) is 0 Å². The number of carbonyl (C=O) groups excluding carboxylic acids is 1. The van der Waals surface area contributed by atoms with Crippen molar-refractivity contribution in [3.8, 4) is 28.3 Å². The lowest BCUT2D eigenvalue weighted by Gasteiger charge is -2.34. The van der Waals surface area contributed by atoms with Gasteiger partial charge in [0.2, 0.25) is 5.91 Å². The van der Waals surface area contributed by atoms with Gasteiger partial charge in [-0.05, 0) is 81.8 Å². The molecule has 1 aromatic carbocycles. The summed E-state index contributed by atoms with van der Waals surface area (Å²) in [7, 11) is 3.76. The second-order valence-corrected chi connectivity index (χ2v) is 11.5. The van der Waals surface area contributed by atoms with E-state index >= 15 is 0 Å². The molecule has 2 aliphatic heterocycles. The normalized spacial score (nSPS) is 19.9. The van der Waals surface area contributed by atoms with Gasteiger partial charge in [0.15, 0.2) is 0 Å². The van der Waals surface area contributed by atoms with Gasteiger partial charge >= 0.3 is 0 Å². The molecule has 40 heavy (non-hydrogen) atoms. The fourth-order valence-electron chi connectivity index (χ4n) is 6.94. The fourth-order valence-corrected chi connectivity index (χ4v) is 6.94. The van der Waals surface area contributed by atoms with Gasteiger partial charge in [0.05, 0.1) is 18.7 Å². The summed E-state index contributed by atoms with van der Waals surface area (Å²) >= 11 is 0. The first kappa shape index (κ1) is 25.2. The number of pyridine rings is 2. The summed E-state index contributed by atoms with van der Waals surface area (Å²) in [5, 5.41) is 7.78. The third-order valence-electron chi connectivity index (χ3n) is 9.21. The quantitative estimate of drug-likeness (QED) is 0.387. The number of methoxy groups -OCH3 is 1. The monoisotopic (exact) mass is 536 g/mol. The Bertz CT molecular complexity index is 1550. The zero-order valence-corrected chi connectivity index (χ0v) is 23.3. The van der Waals surface area contributed by atoms with Gasteiger partial charge in [-0.2, -0.15) is 5.10 Å². The van der Waals surface area contributed by atoms with Gasteiger partial charge in [-0.1, -0.05) is 18.2 Å². The molecule has 1 aliphatic carbocycles. The molecule has 2 saturated heterocycles. The van der Waals surface area contributed by atoms with E-state index in [0.29, 0.717) is 11.8 Å². The van der Waals surface area contributed by atoms with Crippen LogP contribution in [-0.4, -0.2) is 75.7 Å². The molecule has 3 aliphatic rings. The topological polar surface area (TPSA) is 87.2 Å². The summed E-state index contributed by atoms with van der Waals surface area (Å²) in [4.78, 5) is 27.2. The summed E-state index contributed by atoms with van der Waals surface area (Å²) in [6.07, 6.45) is 9.29. The Balaban J connectivity index is 1.12. The van der Waals surface area contributed by atoms with Crippen LogP contribution in [0.15, 0.2) is 42.6 Å². The Morgan fingerprint density at radius 3 is 2.65 bits per heavy atom. The molecule has 0 spiro atoms. The molecule has 7 rings (SSSR count). The number of likely N-dealkylation sites (N-methyl/N-ethyl adjacent to an activating group) is 1. The van der Waals surface area contributed by atoms with E-state index in [9.17, 15) is 4.79 Å². The second-order valence-electron chi connectivity index (χ2n) is 11.5. The molecule has 8 heteroatoms. The summed E-state index contributed by atoms with van der Waals surface area (Å²) in [5.41, 5.74) is 9.30. The van der Waals surface area contributed by atoms with E-state index in [0.717, 1.165) is 103 Å². The molecule has 5 heterocycles. The van der Waals surface area contributed by atoms with Crippen molar-refractivity contribution in [1.29, 1.82) is 0 Å². The maximum atomic E-state index is 13.0. The number of rotatable bonds is 5. The number of carbonyl (C=O) groups is 1. The first-order valence-electron chi connectivity index (χ1n) is 14.6. The predicted molar refractivity (Wildman–Crippen MR) is 155 cm³/mol. The minimum absolute atomic E-state index is 0.0644. The Morgan fingerprint density at radius 2 is 1.90 bits per heavy atom. The van der Waals surface area contributed by atoms with Gasteiger partial charge in [-0.25, -0.2) is 4.98 Å². The zero-order chi connectivity index (χ0) is 27.2. The van der Waals surface area contributed by atoms with Crippen molar-refractivity contribution in [2.75, 3.05) is 33.8 Å². The number of H-pyrrole nitrogens is 1. The standard InChI is InChI=1S/C32H36N6O2/c1-37-15-5-10-27(37)32(39)38-16-13-21(14-17-38)25-12-11-22(19-33-25)29-31-26(35-36-29)18-28(40-2)30(34-31)24-9-4-7-20-6-3-8-23(20)24/h4,7,9,11-12,18-19,21,27H,3,5-6,8,10,13-17H2,1-2H3,(H,35,36). The number of aryl methyl sites for hydroxylation is 1. The number of nitrogens with one attached hydrogen (secondary N) is 1. The third-order valence-corrected chi connectivity index (χ3v) is 9.21. The first-order valence-corrected chi connectivity index (χ1v) is 14.6. The van der Waals surface area contributed by atoms with Crippen molar-refractivity contribution in [2.45, 2.75) is 56.9 Å². The second kappa shape index (κ2) is 10.3. The number of amides is 1. The van der Waals surface area contributed by atoms with E-state index in [1.165, 1.54) is 17.5 Å². The number of hydrogen-bond acceptors (Lipinski definition) is 6. The van der Waals surface area contributed by atoms with Crippen LogP contribution in [-0.2, 0) is 17.6 Å². The van der Waals surface area contributed by atoms with Crippen LogP contribution in [0, 0.1) is 0 Å². The molecule has 8 nitrogen and oxygen atoms in total. The molecule has 0 saturated carbocycles. The SMILES string of the molecule is COc1cc2[nH]nc(-c3ccc(C4CCN(C(=O)C5CCCN5C)CC4)nc3)c2nc1-c1cccc2c1CCC2. The van der Waals surface area contributed by atoms with Gasteiger partial charge in [-0.15, -0.1) is 0 Å². The Labute approximate surface area is 234 Å². The molecule has 3 aromatic heterocycles. The van der Waals surface area contributed by atoms with Crippen LogP contribution < -0.4 is 4.74 Å². The van der Waals surface area contributed by atoms with Gasteiger partial charge in [0, 0.05) is 48.1 Å². The fraction of sp³-hybridized carbons (Fsp3) is 0.438. The highest BCUT2D eigenvalue weighted by Gasteiger charge is 2.33. The maximum Gasteiger partial charge on any atom is 0.239 e. The average molecular weight is 537 g/mol. The third kappa shape index (κ3) is 4.35. The first-order chi connectivity index (χ1) is 19.6. The minimum Gasteiger partial charge on any atom is -0.494 e. The van der Waals surface area contributed by atoms with Gasteiger partial charge in [-0.3, -0.25) is 19.8 Å². The van der Waals surface area contributed by atoms with E-state index in [-0.39, 0.29) is 6.04 Å². The van der Waals surface area contributed by atoms with Crippen molar-refractivity contribution < 1.29 is 9.53 Å². The van der Waals surface area contributed by atoms with E-state index in [4.69, 9.17) is 14.7 Å². The molecule has 1 unspecified atom stereocenters. The molecule has 0 radical (unpaired) electrons. The lowest BCUT2D eigenvalue weighted by Crippen LogP contribution is -2.47. The van der Waals surface area contributed by atoms with Crippen molar-refractivity contribution in [1.82, 2.24) is 30.0 Å². The number of nitrogens with zero attached hydrogens (tertiary/aromatic N) is 5. The van der Waals surface area contributed by atoms with Crippen LogP contribution in [0.5, 0.6) is 5.75 Å². The maximum absolute atomic E-state index is 13.0. The number of ether oxygens (including phenoxy) is 1. The summed E-state index contributed by atoms with van der Waals surface area (Å²) in [6.45, 7) is 2.63.